The Morgan fingerprint density at radius 2 is 0.628 bits per heavy atom. The number of carbonyl (C=O) groups excluding carboxylic acids is 3. The lowest BCUT2D eigenvalue weighted by atomic mass is 10.0. The van der Waals surface area contributed by atoms with Crippen molar-refractivity contribution in [3.05, 3.63) is 0 Å². The lowest BCUT2D eigenvalue weighted by molar-refractivity contribution is -0.167. The van der Waals surface area contributed by atoms with Crippen LogP contribution in [0.4, 0.5) is 0 Å². The molecule has 6 heteroatoms. The second-order valence-electron chi connectivity index (χ2n) is 12.5. The van der Waals surface area contributed by atoms with Crippen molar-refractivity contribution >= 4 is 17.9 Å². The number of hydrogen-bond acceptors (Lipinski definition) is 6. The molecule has 0 aliphatic heterocycles. The molecule has 43 heavy (non-hydrogen) atoms. The van der Waals surface area contributed by atoms with E-state index in [0.717, 1.165) is 64.2 Å². The molecule has 6 nitrogen and oxygen atoms in total. The van der Waals surface area contributed by atoms with Gasteiger partial charge in [-0.3, -0.25) is 14.4 Å². The molecule has 0 N–H and O–H groups in total. The molecule has 0 rings (SSSR count). The Morgan fingerprint density at radius 3 is 0.930 bits per heavy atom. The van der Waals surface area contributed by atoms with E-state index in [4.69, 9.17) is 14.2 Å². The average Bonchev–Trinajstić information content (AvgIpc) is 3.00. The van der Waals surface area contributed by atoms with E-state index >= 15 is 0 Å². The molecule has 0 aromatic heterocycles. The first-order valence-electron chi connectivity index (χ1n) is 18.5. The third kappa shape index (κ3) is 31.6. The van der Waals surface area contributed by atoms with Crippen LogP contribution in [0.2, 0.25) is 0 Å². The highest BCUT2D eigenvalue weighted by atomic mass is 16.6. The molecule has 0 unspecified atom stereocenters. The van der Waals surface area contributed by atoms with Crippen molar-refractivity contribution in [3.63, 3.8) is 0 Å². The Morgan fingerprint density at radius 1 is 0.372 bits per heavy atom. The standard InChI is InChI=1S/C37H70O6/c1-4-7-10-13-15-16-17-18-19-20-22-25-28-31-37(40)43-34(32-41-35(38)29-26-23-12-9-6-3)33-42-36(39)30-27-24-21-14-11-8-5-2/h34H,4-33H2,1-3H3/t34-/m1/s1. The van der Waals surface area contributed by atoms with Gasteiger partial charge in [-0.1, -0.05) is 162 Å². The lowest BCUT2D eigenvalue weighted by Gasteiger charge is -2.18. The molecule has 0 heterocycles. The minimum Gasteiger partial charge on any atom is -0.462 e. The fourth-order valence-corrected chi connectivity index (χ4v) is 5.26. The van der Waals surface area contributed by atoms with Crippen molar-refractivity contribution < 1.29 is 28.6 Å². The fraction of sp³-hybridized carbons (Fsp3) is 0.919. The maximum absolute atomic E-state index is 12.5. The van der Waals surface area contributed by atoms with Gasteiger partial charge in [-0.2, -0.15) is 0 Å². The van der Waals surface area contributed by atoms with Crippen LogP contribution in [-0.2, 0) is 28.6 Å². The molecular formula is C37H70O6. The van der Waals surface area contributed by atoms with Gasteiger partial charge in [0.2, 0.25) is 0 Å². The summed E-state index contributed by atoms with van der Waals surface area (Å²) in [4.78, 5) is 37.0. The molecule has 0 aromatic carbocycles. The van der Waals surface area contributed by atoms with Gasteiger partial charge in [-0.05, 0) is 19.3 Å². The van der Waals surface area contributed by atoms with E-state index in [0.29, 0.717) is 19.3 Å². The van der Waals surface area contributed by atoms with Gasteiger partial charge in [0.05, 0.1) is 0 Å². The van der Waals surface area contributed by atoms with E-state index in [-0.39, 0.29) is 31.1 Å². The van der Waals surface area contributed by atoms with Crippen molar-refractivity contribution in [2.24, 2.45) is 0 Å². The third-order valence-corrected chi connectivity index (χ3v) is 8.11. The molecule has 0 aliphatic rings. The van der Waals surface area contributed by atoms with Crippen molar-refractivity contribution in [1.29, 1.82) is 0 Å². The molecule has 0 amide bonds. The van der Waals surface area contributed by atoms with E-state index < -0.39 is 6.10 Å². The zero-order valence-electron chi connectivity index (χ0n) is 28.7. The molecule has 0 fully saturated rings. The second kappa shape index (κ2) is 33.3. The number of esters is 3. The van der Waals surface area contributed by atoms with Crippen LogP contribution in [0.1, 0.15) is 201 Å². The summed E-state index contributed by atoms with van der Waals surface area (Å²) < 4.78 is 16.4. The predicted molar refractivity (Wildman–Crippen MR) is 178 cm³/mol. The summed E-state index contributed by atoms with van der Waals surface area (Å²) in [5, 5.41) is 0. The lowest BCUT2D eigenvalue weighted by Crippen LogP contribution is -2.30. The van der Waals surface area contributed by atoms with E-state index in [2.05, 4.69) is 20.8 Å². The van der Waals surface area contributed by atoms with Crippen LogP contribution >= 0.6 is 0 Å². The van der Waals surface area contributed by atoms with Gasteiger partial charge in [0.1, 0.15) is 13.2 Å². The third-order valence-electron chi connectivity index (χ3n) is 8.11. The Balaban J connectivity index is 4.24. The maximum Gasteiger partial charge on any atom is 0.306 e. The van der Waals surface area contributed by atoms with Crippen molar-refractivity contribution in [3.8, 4) is 0 Å². The predicted octanol–water partition coefficient (Wildman–Crippen LogP) is 11.0. The summed E-state index contributed by atoms with van der Waals surface area (Å²) in [6, 6.07) is 0. The van der Waals surface area contributed by atoms with Gasteiger partial charge >= 0.3 is 17.9 Å². The van der Waals surface area contributed by atoms with Crippen LogP contribution in [0.15, 0.2) is 0 Å². The zero-order chi connectivity index (χ0) is 31.6. The van der Waals surface area contributed by atoms with Crippen LogP contribution in [-0.4, -0.2) is 37.2 Å². The van der Waals surface area contributed by atoms with Crippen molar-refractivity contribution in [1.82, 2.24) is 0 Å². The number of hydrogen-bond donors (Lipinski definition) is 0. The second-order valence-corrected chi connectivity index (χ2v) is 12.5. The quantitative estimate of drug-likeness (QED) is 0.0418. The van der Waals surface area contributed by atoms with E-state index in [1.165, 1.54) is 96.3 Å². The molecule has 0 aliphatic carbocycles. The van der Waals surface area contributed by atoms with Gasteiger partial charge in [0.25, 0.3) is 0 Å². The summed E-state index contributed by atoms with van der Waals surface area (Å²) >= 11 is 0. The summed E-state index contributed by atoms with van der Waals surface area (Å²) in [7, 11) is 0. The van der Waals surface area contributed by atoms with Crippen molar-refractivity contribution in [2.45, 2.75) is 207 Å². The van der Waals surface area contributed by atoms with Gasteiger partial charge in [-0.25, -0.2) is 0 Å². The molecule has 254 valence electrons. The SMILES string of the molecule is CCCCCCCCCCCCCCCC(=O)O[C@H](COC(=O)CCCCCCC)COC(=O)CCCCCCCCC. The van der Waals surface area contributed by atoms with E-state index in [9.17, 15) is 14.4 Å². The van der Waals surface area contributed by atoms with Crippen LogP contribution in [0.25, 0.3) is 0 Å². The Kier molecular flexibility index (Phi) is 32.1. The maximum atomic E-state index is 12.5. The Hall–Kier alpha value is -1.59. The fourth-order valence-electron chi connectivity index (χ4n) is 5.26. The molecule has 0 saturated carbocycles. The van der Waals surface area contributed by atoms with Crippen molar-refractivity contribution in [2.75, 3.05) is 13.2 Å². The molecule has 0 saturated heterocycles. The first-order valence-corrected chi connectivity index (χ1v) is 18.5. The number of unbranched alkanes of at least 4 members (excludes halogenated alkanes) is 22. The first-order chi connectivity index (χ1) is 21.0. The number of rotatable bonds is 33. The molecular weight excluding hydrogens is 540 g/mol. The molecule has 0 bridgehead atoms. The molecule has 0 spiro atoms. The summed E-state index contributed by atoms with van der Waals surface area (Å²) in [5.74, 6) is -0.886. The Bertz CT molecular complexity index is 635. The molecule has 0 radical (unpaired) electrons. The summed E-state index contributed by atoms with van der Waals surface area (Å²) in [6.45, 7) is 6.49. The van der Waals surface area contributed by atoms with E-state index in [1.54, 1.807) is 0 Å². The van der Waals surface area contributed by atoms with Gasteiger partial charge in [-0.15, -0.1) is 0 Å². The smallest absolute Gasteiger partial charge is 0.306 e. The summed E-state index contributed by atoms with van der Waals surface area (Å²) in [5.41, 5.74) is 0. The minimum atomic E-state index is -0.753. The highest BCUT2D eigenvalue weighted by Gasteiger charge is 2.19. The van der Waals surface area contributed by atoms with Crippen LogP contribution < -0.4 is 0 Å². The van der Waals surface area contributed by atoms with Crippen LogP contribution in [0.3, 0.4) is 0 Å². The van der Waals surface area contributed by atoms with Gasteiger partial charge in [0, 0.05) is 19.3 Å². The molecule has 0 aromatic rings. The van der Waals surface area contributed by atoms with E-state index in [1.807, 2.05) is 0 Å². The minimum absolute atomic E-state index is 0.0660. The number of carbonyl (C=O) groups is 3. The zero-order valence-corrected chi connectivity index (χ0v) is 28.7. The molecule has 1 atom stereocenters. The highest BCUT2D eigenvalue weighted by Crippen LogP contribution is 2.14. The number of ether oxygens (including phenoxy) is 3. The monoisotopic (exact) mass is 611 g/mol. The Labute approximate surface area is 266 Å². The largest absolute Gasteiger partial charge is 0.462 e. The normalized spacial score (nSPS) is 11.8. The van der Waals surface area contributed by atoms with Gasteiger partial charge in [0.15, 0.2) is 6.10 Å². The van der Waals surface area contributed by atoms with Crippen LogP contribution in [0, 0.1) is 0 Å². The summed E-state index contributed by atoms with van der Waals surface area (Å²) in [6.07, 6.45) is 29.8. The van der Waals surface area contributed by atoms with Crippen LogP contribution in [0.5, 0.6) is 0 Å². The topological polar surface area (TPSA) is 78.9 Å². The average molecular weight is 611 g/mol. The highest BCUT2D eigenvalue weighted by molar-refractivity contribution is 5.71. The first kappa shape index (κ1) is 41.4. The van der Waals surface area contributed by atoms with Gasteiger partial charge < -0.3 is 14.2 Å².